The predicted octanol–water partition coefficient (Wildman–Crippen LogP) is 9.83. The van der Waals surface area contributed by atoms with Gasteiger partial charge in [-0.05, 0) is 119 Å². The zero-order valence-electron chi connectivity index (χ0n) is 24.9. The third-order valence-electron chi connectivity index (χ3n) is 8.31. The minimum absolute atomic E-state index is 0.987. The first-order valence-corrected chi connectivity index (χ1v) is 14.5. The second-order valence-corrected chi connectivity index (χ2v) is 11.6. The number of hydrogen-bond donors (Lipinski definition) is 0. The minimum Gasteiger partial charge on any atom is -0.309 e. The maximum atomic E-state index is 4.90. The number of unbranched alkanes of at least 4 members (excludes halogenated alkanes) is 1. The Balaban J connectivity index is 1.49. The molecule has 0 spiro atoms. The molecular weight excluding hydrogens is 486 g/mol. The van der Waals surface area contributed by atoms with Gasteiger partial charge in [0.05, 0.1) is 16.7 Å². The van der Waals surface area contributed by atoms with Crippen molar-refractivity contribution in [2.45, 2.75) is 67.7 Å². The molecule has 202 valence electrons. The fourth-order valence-electron chi connectivity index (χ4n) is 6.38. The zero-order chi connectivity index (χ0) is 28.1. The first kappa shape index (κ1) is 26.1. The summed E-state index contributed by atoms with van der Waals surface area (Å²) in [7, 11) is 0. The molecule has 2 heterocycles. The van der Waals surface area contributed by atoms with E-state index >= 15 is 0 Å². The van der Waals surface area contributed by atoms with Gasteiger partial charge in [-0.15, -0.1) is 0 Å². The van der Waals surface area contributed by atoms with E-state index in [1.807, 2.05) is 6.20 Å². The normalized spacial score (nSPS) is 11.7. The van der Waals surface area contributed by atoms with E-state index in [2.05, 4.69) is 124 Å². The van der Waals surface area contributed by atoms with Crippen molar-refractivity contribution in [3.63, 3.8) is 0 Å². The van der Waals surface area contributed by atoms with Crippen molar-refractivity contribution >= 4 is 21.8 Å². The summed E-state index contributed by atoms with van der Waals surface area (Å²) in [5.41, 5.74) is 15.1. The summed E-state index contributed by atoms with van der Waals surface area (Å²) >= 11 is 0. The Kier molecular flexibility index (Phi) is 6.62. The van der Waals surface area contributed by atoms with E-state index in [1.165, 1.54) is 79.4 Å². The van der Waals surface area contributed by atoms with Crippen LogP contribution in [0.2, 0.25) is 0 Å². The van der Waals surface area contributed by atoms with Crippen LogP contribution in [-0.2, 0) is 6.42 Å². The first-order valence-electron chi connectivity index (χ1n) is 14.5. The molecular formula is C37H39N3. The van der Waals surface area contributed by atoms with E-state index in [0.29, 0.717) is 0 Å². The van der Waals surface area contributed by atoms with Gasteiger partial charge in [0.1, 0.15) is 5.82 Å². The SMILES string of the molecule is CCCCc1ccc(-n2c(C)cnc2-c2ccc(-n3c4cc(C)ccc4c4cc(C)cc(C)c43)c(C)c2)c(C)c1. The molecule has 3 nitrogen and oxygen atoms in total. The number of fused-ring (bicyclic) bond motifs is 3. The number of nitrogens with zero attached hydrogens (tertiary/aromatic N) is 3. The highest BCUT2D eigenvalue weighted by atomic mass is 15.1. The number of rotatable bonds is 6. The average molecular weight is 526 g/mol. The lowest BCUT2D eigenvalue weighted by Crippen LogP contribution is -2.04. The van der Waals surface area contributed by atoms with Crippen LogP contribution < -0.4 is 0 Å². The van der Waals surface area contributed by atoms with Gasteiger partial charge in [0.2, 0.25) is 0 Å². The number of benzene rings is 4. The van der Waals surface area contributed by atoms with Crippen molar-refractivity contribution in [1.82, 2.24) is 14.1 Å². The maximum Gasteiger partial charge on any atom is 0.144 e. The van der Waals surface area contributed by atoms with Gasteiger partial charge in [-0.3, -0.25) is 4.57 Å². The molecule has 0 N–H and O–H groups in total. The molecule has 0 atom stereocenters. The molecule has 6 rings (SSSR count). The molecule has 0 saturated heterocycles. The van der Waals surface area contributed by atoms with Crippen LogP contribution in [-0.4, -0.2) is 14.1 Å². The zero-order valence-corrected chi connectivity index (χ0v) is 24.9. The summed E-state index contributed by atoms with van der Waals surface area (Å²) in [6.45, 7) is 15.4. The number of hydrogen-bond acceptors (Lipinski definition) is 1. The Morgan fingerprint density at radius 1 is 0.650 bits per heavy atom. The van der Waals surface area contributed by atoms with Crippen LogP contribution in [0.4, 0.5) is 0 Å². The summed E-state index contributed by atoms with van der Waals surface area (Å²) in [4.78, 5) is 4.90. The average Bonchev–Trinajstić information content (AvgIpc) is 3.45. The van der Waals surface area contributed by atoms with E-state index in [1.54, 1.807) is 0 Å². The molecule has 2 aromatic heterocycles. The lowest BCUT2D eigenvalue weighted by Gasteiger charge is -2.17. The van der Waals surface area contributed by atoms with Crippen LogP contribution in [0, 0.1) is 41.5 Å². The molecule has 0 radical (unpaired) electrons. The van der Waals surface area contributed by atoms with Gasteiger partial charge in [-0.1, -0.05) is 49.2 Å². The Bertz CT molecular complexity index is 1900. The molecule has 0 saturated carbocycles. The third kappa shape index (κ3) is 4.34. The molecule has 0 fully saturated rings. The van der Waals surface area contributed by atoms with Crippen molar-refractivity contribution in [3.8, 4) is 22.8 Å². The van der Waals surface area contributed by atoms with Crippen LogP contribution >= 0.6 is 0 Å². The molecule has 0 unspecified atom stereocenters. The van der Waals surface area contributed by atoms with Gasteiger partial charge in [0.15, 0.2) is 0 Å². The molecule has 0 aliphatic carbocycles. The van der Waals surface area contributed by atoms with Gasteiger partial charge in [-0.25, -0.2) is 4.98 Å². The van der Waals surface area contributed by atoms with Crippen LogP contribution in [0.3, 0.4) is 0 Å². The van der Waals surface area contributed by atoms with Crippen LogP contribution in [0.5, 0.6) is 0 Å². The summed E-state index contributed by atoms with van der Waals surface area (Å²) in [6.07, 6.45) is 5.57. The highest BCUT2D eigenvalue weighted by Crippen LogP contribution is 2.37. The molecule has 4 aromatic carbocycles. The molecule has 6 aromatic rings. The Hall–Kier alpha value is -4.11. The third-order valence-corrected chi connectivity index (χ3v) is 8.31. The first-order chi connectivity index (χ1) is 19.3. The fourth-order valence-corrected chi connectivity index (χ4v) is 6.38. The molecule has 3 heteroatoms. The Morgan fingerprint density at radius 3 is 2.15 bits per heavy atom. The van der Waals surface area contributed by atoms with Crippen molar-refractivity contribution in [1.29, 1.82) is 0 Å². The highest BCUT2D eigenvalue weighted by molar-refractivity contribution is 6.10. The molecule has 0 aliphatic rings. The van der Waals surface area contributed by atoms with E-state index in [9.17, 15) is 0 Å². The van der Waals surface area contributed by atoms with Gasteiger partial charge in [-0.2, -0.15) is 0 Å². The Labute approximate surface area is 238 Å². The topological polar surface area (TPSA) is 22.8 Å². The molecule has 0 amide bonds. The van der Waals surface area contributed by atoms with E-state index < -0.39 is 0 Å². The lowest BCUT2D eigenvalue weighted by molar-refractivity contribution is 0.794. The minimum atomic E-state index is 0.987. The summed E-state index contributed by atoms with van der Waals surface area (Å²) in [6, 6.07) is 25.2. The second kappa shape index (κ2) is 10.1. The van der Waals surface area contributed by atoms with Crippen molar-refractivity contribution in [2.75, 3.05) is 0 Å². The van der Waals surface area contributed by atoms with Crippen molar-refractivity contribution in [2.24, 2.45) is 0 Å². The highest BCUT2D eigenvalue weighted by Gasteiger charge is 2.18. The summed E-state index contributed by atoms with van der Waals surface area (Å²) < 4.78 is 4.77. The Morgan fingerprint density at radius 2 is 1.40 bits per heavy atom. The van der Waals surface area contributed by atoms with Gasteiger partial charge < -0.3 is 4.57 Å². The standard InChI is InChI=1S/C37H39N3/c1-8-9-10-29-12-15-33(25(4)20-29)39-28(7)22-38-37(39)30-13-16-34(26(5)21-30)40-35-19-23(2)11-14-31(35)32-18-24(3)17-27(6)36(32)40/h11-22H,8-10H2,1-7H3. The number of aryl methyl sites for hydroxylation is 7. The molecule has 0 aliphatic heterocycles. The van der Waals surface area contributed by atoms with E-state index in [0.717, 1.165) is 23.5 Å². The largest absolute Gasteiger partial charge is 0.309 e. The smallest absolute Gasteiger partial charge is 0.144 e. The van der Waals surface area contributed by atoms with Crippen molar-refractivity contribution in [3.05, 3.63) is 112 Å². The molecule has 40 heavy (non-hydrogen) atoms. The van der Waals surface area contributed by atoms with Gasteiger partial charge in [0, 0.05) is 33.9 Å². The summed E-state index contributed by atoms with van der Waals surface area (Å²) in [5, 5.41) is 2.62. The monoisotopic (exact) mass is 525 g/mol. The van der Waals surface area contributed by atoms with E-state index in [4.69, 9.17) is 4.98 Å². The number of imidazole rings is 1. The van der Waals surface area contributed by atoms with Gasteiger partial charge >= 0.3 is 0 Å². The van der Waals surface area contributed by atoms with Crippen LogP contribution in [0.1, 0.15) is 58.8 Å². The fraction of sp³-hybridized carbons (Fsp3) is 0.270. The van der Waals surface area contributed by atoms with Crippen molar-refractivity contribution < 1.29 is 0 Å². The predicted molar refractivity (Wildman–Crippen MR) is 170 cm³/mol. The number of aromatic nitrogens is 3. The van der Waals surface area contributed by atoms with Crippen LogP contribution in [0.25, 0.3) is 44.6 Å². The second-order valence-electron chi connectivity index (χ2n) is 11.6. The van der Waals surface area contributed by atoms with E-state index in [-0.39, 0.29) is 0 Å². The van der Waals surface area contributed by atoms with Gasteiger partial charge in [0.25, 0.3) is 0 Å². The lowest BCUT2D eigenvalue weighted by atomic mass is 10.0. The molecule has 0 bridgehead atoms. The quantitative estimate of drug-likeness (QED) is 0.212. The summed E-state index contributed by atoms with van der Waals surface area (Å²) in [5.74, 6) is 0.987. The van der Waals surface area contributed by atoms with Crippen LogP contribution in [0.15, 0.2) is 72.9 Å². The maximum absolute atomic E-state index is 4.90.